The quantitative estimate of drug-likeness (QED) is 0.747. The lowest BCUT2D eigenvalue weighted by Gasteiger charge is -2.13. The SMILES string of the molecule is CCCNCc1cc(C)ccc1OCc1cccc(Cl)c1. The average molecular weight is 304 g/mol. The van der Waals surface area contributed by atoms with Crippen LogP contribution in [0.2, 0.25) is 5.02 Å². The lowest BCUT2D eigenvalue weighted by Crippen LogP contribution is -2.14. The van der Waals surface area contributed by atoms with Crippen LogP contribution in [-0.2, 0) is 13.2 Å². The van der Waals surface area contributed by atoms with E-state index in [-0.39, 0.29) is 0 Å². The van der Waals surface area contributed by atoms with Crippen LogP contribution < -0.4 is 10.1 Å². The summed E-state index contributed by atoms with van der Waals surface area (Å²) >= 11 is 6.00. The number of hydrogen-bond acceptors (Lipinski definition) is 2. The van der Waals surface area contributed by atoms with Crippen LogP contribution in [0.3, 0.4) is 0 Å². The van der Waals surface area contributed by atoms with Crippen LogP contribution in [0.25, 0.3) is 0 Å². The first kappa shape index (κ1) is 15.9. The summed E-state index contributed by atoms with van der Waals surface area (Å²) < 4.78 is 5.97. The molecule has 0 aliphatic rings. The highest BCUT2D eigenvalue weighted by Gasteiger charge is 2.05. The molecule has 0 radical (unpaired) electrons. The van der Waals surface area contributed by atoms with Crippen molar-refractivity contribution in [2.75, 3.05) is 6.54 Å². The lowest BCUT2D eigenvalue weighted by atomic mass is 10.1. The Morgan fingerprint density at radius 3 is 2.76 bits per heavy atom. The van der Waals surface area contributed by atoms with Crippen LogP contribution in [-0.4, -0.2) is 6.54 Å². The maximum atomic E-state index is 6.00. The van der Waals surface area contributed by atoms with Gasteiger partial charge in [-0.05, 0) is 43.7 Å². The van der Waals surface area contributed by atoms with Gasteiger partial charge in [-0.25, -0.2) is 0 Å². The molecule has 0 aromatic heterocycles. The van der Waals surface area contributed by atoms with Gasteiger partial charge in [-0.1, -0.05) is 48.4 Å². The first-order valence-electron chi connectivity index (χ1n) is 7.36. The predicted molar refractivity (Wildman–Crippen MR) is 89.0 cm³/mol. The van der Waals surface area contributed by atoms with Crippen LogP contribution in [0, 0.1) is 6.92 Å². The van der Waals surface area contributed by atoms with Gasteiger partial charge in [0.1, 0.15) is 12.4 Å². The number of ether oxygens (including phenoxy) is 1. The second-order valence-corrected chi connectivity index (χ2v) is 5.64. The van der Waals surface area contributed by atoms with E-state index in [4.69, 9.17) is 16.3 Å². The number of hydrogen-bond donors (Lipinski definition) is 1. The van der Waals surface area contributed by atoms with Gasteiger partial charge >= 0.3 is 0 Å². The molecule has 2 aromatic carbocycles. The Morgan fingerprint density at radius 1 is 1.14 bits per heavy atom. The van der Waals surface area contributed by atoms with E-state index in [0.29, 0.717) is 6.61 Å². The number of benzene rings is 2. The fourth-order valence-corrected chi connectivity index (χ4v) is 2.39. The standard InChI is InChI=1S/C18H22ClNO/c1-3-9-20-12-16-10-14(2)7-8-18(16)21-13-15-5-4-6-17(19)11-15/h4-8,10-11,20H,3,9,12-13H2,1-2H3. The molecule has 1 N–H and O–H groups in total. The normalized spacial score (nSPS) is 10.6. The maximum Gasteiger partial charge on any atom is 0.124 e. The van der Waals surface area contributed by atoms with Crippen LogP contribution in [0.15, 0.2) is 42.5 Å². The molecule has 2 rings (SSSR count). The molecule has 0 heterocycles. The van der Waals surface area contributed by atoms with Gasteiger partial charge in [-0.15, -0.1) is 0 Å². The zero-order valence-electron chi connectivity index (χ0n) is 12.7. The fraction of sp³-hybridized carbons (Fsp3) is 0.333. The van der Waals surface area contributed by atoms with Crippen LogP contribution in [0.1, 0.15) is 30.0 Å². The summed E-state index contributed by atoms with van der Waals surface area (Å²) in [7, 11) is 0. The van der Waals surface area contributed by atoms with Gasteiger partial charge in [-0.2, -0.15) is 0 Å². The smallest absolute Gasteiger partial charge is 0.124 e. The Hall–Kier alpha value is -1.51. The van der Waals surface area contributed by atoms with E-state index in [2.05, 4.69) is 31.3 Å². The summed E-state index contributed by atoms with van der Waals surface area (Å²) in [6, 6.07) is 14.1. The van der Waals surface area contributed by atoms with E-state index < -0.39 is 0 Å². The highest BCUT2D eigenvalue weighted by Crippen LogP contribution is 2.22. The fourth-order valence-electron chi connectivity index (χ4n) is 2.17. The zero-order valence-corrected chi connectivity index (χ0v) is 13.4. The minimum Gasteiger partial charge on any atom is -0.489 e. The summed E-state index contributed by atoms with van der Waals surface area (Å²) in [5.74, 6) is 0.934. The minimum absolute atomic E-state index is 0.532. The first-order chi connectivity index (χ1) is 10.2. The van der Waals surface area contributed by atoms with Crippen molar-refractivity contribution in [2.24, 2.45) is 0 Å². The monoisotopic (exact) mass is 303 g/mol. The summed E-state index contributed by atoms with van der Waals surface area (Å²) in [6.45, 7) is 6.65. The molecular weight excluding hydrogens is 282 g/mol. The molecule has 2 aromatic rings. The van der Waals surface area contributed by atoms with E-state index in [9.17, 15) is 0 Å². The van der Waals surface area contributed by atoms with Gasteiger partial charge in [0, 0.05) is 17.1 Å². The Kier molecular flexibility index (Phi) is 6.09. The predicted octanol–water partition coefficient (Wildman–Crippen LogP) is 4.73. The van der Waals surface area contributed by atoms with E-state index in [0.717, 1.165) is 35.8 Å². The molecule has 0 saturated carbocycles. The Labute approximate surface area is 132 Å². The molecule has 21 heavy (non-hydrogen) atoms. The highest BCUT2D eigenvalue weighted by atomic mass is 35.5. The van der Waals surface area contributed by atoms with E-state index in [1.165, 1.54) is 11.1 Å². The number of aryl methyl sites for hydroxylation is 1. The van der Waals surface area contributed by atoms with Crippen LogP contribution in [0.5, 0.6) is 5.75 Å². The second kappa shape index (κ2) is 8.06. The van der Waals surface area contributed by atoms with Crippen molar-refractivity contribution in [1.82, 2.24) is 5.32 Å². The molecule has 0 amide bonds. The third kappa shape index (κ3) is 5.07. The van der Waals surface area contributed by atoms with Crippen molar-refractivity contribution in [3.05, 3.63) is 64.2 Å². The van der Waals surface area contributed by atoms with Crippen molar-refractivity contribution < 1.29 is 4.74 Å². The zero-order chi connectivity index (χ0) is 15.1. The van der Waals surface area contributed by atoms with Crippen molar-refractivity contribution in [1.29, 1.82) is 0 Å². The van der Waals surface area contributed by atoms with Gasteiger partial charge in [0.05, 0.1) is 0 Å². The molecule has 0 fully saturated rings. The van der Waals surface area contributed by atoms with Crippen molar-refractivity contribution in [2.45, 2.75) is 33.4 Å². The van der Waals surface area contributed by atoms with Crippen LogP contribution >= 0.6 is 11.6 Å². The molecule has 0 bridgehead atoms. The maximum absolute atomic E-state index is 6.00. The third-order valence-electron chi connectivity index (χ3n) is 3.24. The second-order valence-electron chi connectivity index (χ2n) is 5.21. The molecular formula is C18H22ClNO. The molecule has 0 saturated heterocycles. The summed E-state index contributed by atoms with van der Waals surface area (Å²) in [4.78, 5) is 0. The Morgan fingerprint density at radius 2 is 2.00 bits per heavy atom. The largest absolute Gasteiger partial charge is 0.489 e. The molecule has 0 aliphatic heterocycles. The summed E-state index contributed by atoms with van der Waals surface area (Å²) in [5.41, 5.74) is 3.53. The third-order valence-corrected chi connectivity index (χ3v) is 3.48. The first-order valence-corrected chi connectivity index (χ1v) is 7.74. The molecule has 0 spiro atoms. The van der Waals surface area contributed by atoms with Gasteiger partial charge < -0.3 is 10.1 Å². The van der Waals surface area contributed by atoms with E-state index in [1.807, 2.05) is 30.3 Å². The molecule has 2 nitrogen and oxygen atoms in total. The lowest BCUT2D eigenvalue weighted by molar-refractivity contribution is 0.302. The summed E-state index contributed by atoms with van der Waals surface area (Å²) in [6.07, 6.45) is 1.13. The highest BCUT2D eigenvalue weighted by molar-refractivity contribution is 6.30. The molecule has 0 aliphatic carbocycles. The molecule has 0 unspecified atom stereocenters. The van der Waals surface area contributed by atoms with Crippen LogP contribution in [0.4, 0.5) is 0 Å². The molecule has 112 valence electrons. The van der Waals surface area contributed by atoms with Gasteiger partial charge in [-0.3, -0.25) is 0 Å². The number of nitrogens with one attached hydrogen (secondary N) is 1. The Balaban J connectivity index is 2.04. The van der Waals surface area contributed by atoms with Gasteiger partial charge in [0.25, 0.3) is 0 Å². The van der Waals surface area contributed by atoms with Crippen molar-refractivity contribution in [3.63, 3.8) is 0 Å². The average Bonchev–Trinajstić information content (AvgIpc) is 2.47. The van der Waals surface area contributed by atoms with Crippen molar-refractivity contribution in [3.8, 4) is 5.75 Å². The Bertz CT molecular complexity index is 583. The van der Waals surface area contributed by atoms with E-state index >= 15 is 0 Å². The van der Waals surface area contributed by atoms with E-state index in [1.54, 1.807) is 0 Å². The molecule has 3 heteroatoms. The summed E-state index contributed by atoms with van der Waals surface area (Å²) in [5, 5.41) is 4.17. The van der Waals surface area contributed by atoms with Gasteiger partial charge in [0.15, 0.2) is 0 Å². The topological polar surface area (TPSA) is 21.3 Å². The number of rotatable bonds is 7. The minimum atomic E-state index is 0.532. The molecule has 0 atom stereocenters. The van der Waals surface area contributed by atoms with Crippen molar-refractivity contribution >= 4 is 11.6 Å². The van der Waals surface area contributed by atoms with Gasteiger partial charge in [0.2, 0.25) is 0 Å². The number of halogens is 1.